The average Bonchev–Trinajstić information content (AvgIpc) is 3.56. The van der Waals surface area contributed by atoms with Gasteiger partial charge in [0.15, 0.2) is 0 Å². The van der Waals surface area contributed by atoms with Gasteiger partial charge in [0.05, 0.1) is 12.1 Å². The summed E-state index contributed by atoms with van der Waals surface area (Å²) in [5.41, 5.74) is 4.34. The number of fused-ring (bicyclic) bond motifs is 2. The van der Waals surface area contributed by atoms with E-state index in [1.807, 2.05) is 0 Å². The van der Waals surface area contributed by atoms with Crippen LogP contribution in [0.5, 0.6) is 0 Å². The van der Waals surface area contributed by atoms with Gasteiger partial charge in [-0.2, -0.15) is 0 Å². The number of ether oxygens (including phenoxy) is 2. The van der Waals surface area contributed by atoms with Crippen molar-refractivity contribution >= 4 is 33.3 Å². The zero-order valence-electron chi connectivity index (χ0n) is 22.8. The Morgan fingerprint density at radius 2 is 1.03 bits per heavy atom. The van der Waals surface area contributed by atoms with Crippen molar-refractivity contribution in [2.45, 2.75) is 52.6 Å². The van der Waals surface area contributed by atoms with Crippen LogP contribution in [0.1, 0.15) is 51.7 Å². The largest absolute Gasteiger partial charge is 0.475 e. The second-order valence-electron chi connectivity index (χ2n) is 11.5. The molecule has 4 heteroatoms. The first-order valence-electron chi connectivity index (χ1n) is 13.9. The van der Waals surface area contributed by atoms with Crippen molar-refractivity contribution in [1.82, 2.24) is 0 Å². The highest BCUT2D eigenvalue weighted by atomic mass is 16.5. The monoisotopic (exact) mass is 504 g/mol. The molecule has 4 nitrogen and oxygen atoms in total. The third-order valence-electron chi connectivity index (χ3n) is 7.48. The molecule has 0 spiro atoms. The maximum atomic E-state index is 6.29. The van der Waals surface area contributed by atoms with Gasteiger partial charge in [-0.05, 0) is 58.4 Å². The molecule has 0 amide bonds. The van der Waals surface area contributed by atoms with Gasteiger partial charge in [0, 0.05) is 22.3 Å². The molecule has 0 bridgehead atoms. The van der Waals surface area contributed by atoms with Gasteiger partial charge >= 0.3 is 0 Å². The lowest BCUT2D eigenvalue weighted by Crippen LogP contribution is -2.10. The summed E-state index contributed by atoms with van der Waals surface area (Å²) in [7, 11) is 0. The Bertz CT molecular complexity index is 1430. The molecule has 2 atom stereocenters. The Kier molecular flexibility index (Phi) is 6.65. The molecule has 0 fully saturated rings. The second kappa shape index (κ2) is 10.2. The summed E-state index contributed by atoms with van der Waals surface area (Å²) in [5.74, 6) is 2.62. The minimum Gasteiger partial charge on any atom is -0.475 e. The summed E-state index contributed by atoms with van der Waals surface area (Å²) in [5, 5.41) is 4.74. The standard InChI is InChI=1S/C34H36N2O2/c1-21(2)17-25-19-37-33(35-25)29-15-13-23-9-5-7-11-27(23)31(29)32-28-12-8-6-10-24(28)14-16-30(32)34-36-26(20-38-34)18-22(3)4/h5-16,21-22,25-26H,17-20H2,1-4H3/t25-,26-/m1/s1. The molecule has 2 aliphatic heterocycles. The van der Waals surface area contributed by atoms with Gasteiger partial charge in [-0.3, -0.25) is 0 Å². The summed E-state index contributed by atoms with van der Waals surface area (Å²) in [6.45, 7) is 10.2. The fourth-order valence-corrected chi connectivity index (χ4v) is 5.89. The zero-order chi connectivity index (χ0) is 26.2. The normalized spacial score (nSPS) is 19.2. The first-order chi connectivity index (χ1) is 18.5. The summed E-state index contributed by atoms with van der Waals surface area (Å²) in [6, 6.07) is 26.3. The van der Waals surface area contributed by atoms with Crippen LogP contribution < -0.4 is 0 Å². The summed E-state index contributed by atoms with van der Waals surface area (Å²) >= 11 is 0. The molecule has 4 aromatic rings. The third-order valence-corrected chi connectivity index (χ3v) is 7.48. The fourth-order valence-electron chi connectivity index (χ4n) is 5.89. The molecule has 0 N–H and O–H groups in total. The van der Waals surface area contributed by atoms with E-state index in [1.54, 1.807) is 0 Å². The van der Waals surface area contributed by atoms with E-state index in [2.05, 4.69) is 100 Å². The van der Waals surface area contributed by atoms with E-state index in [0.29, 0.717) is 25.0 Å². The van der Waals surface area contributed by atoms with Gasteiger partial charge in [-0.1, -0.05) is 88.4 Å². The Hall–Kier alpha value is -3.66. The molecule has 0 aliphatic carbocycles. The van der Waals surface area contributed by atoms with Crippen LogP contribution in [-0.2, 0) is 9.47 Å². The van der Waals surface area contributed by atoms with Crippen molar-refractivity contribution in [3.05, 3.63) is 83.9 Å². The van der Waals surface area contributed by atoms with Crippen molar-refractivity contribution < 1.29 is 9.47 Å². The Morgan fingerprint density at radius 3 is 1.45 bits per heavy atom. The van der Waals surface area contributed by atoms with Gasteiger partial charge < -0.3 is 9.47 Å². The van der Waals surface area contributed by atoms with Crippen LogP contribution in [0.15, 0.2) is 82.8 Å². The first-order valence-corrected chi connectivity index (χ1v) is 13.9. The molecular formula is C34H36N2O2. The lowest BCUT2D eigenvalue weighted by atomic mass is 9.87. The topological polar surface area (TPSA) is 43.2 Å². The van der Waals surface area contributed by atoms with Gasteiger partial charge in [0.2, 0.25) is 11.8 Å². The molecule has 0 saturated carbocycles. The van der Waals surface area contributed by atoms with Crippen molar-refractivity contribution in [2.75, 3.05) is 13.2 Å². The molecule has 6 rings (SSSR count). The maximum Gasteiger partial charge on any atom is 0.217 e. The Labute approximate surface area is 225 Å². The molecular weight excluding hydrogens is 468 g/mol. The average molecular weight is 505 g/mol. The number of aliphatic imine (C=N–C) groups is 2. The predicted molar refractivity (Wildman–Crippen MR) is 158 cm³/mol. The predicted octanol–water partition coefficient (Wildman–Crippen LogP) is 8.04. The molecule has 0 saturated heterocycles. The smallest absolute Gasteiger partial charge is 0.217 e. The van der Waals surface area contributed by atoms with Crippen LogP contribution in [0.2, 0.25) is 0 Å². The van der Waals surface area contributed by atoms with Crippen LogP contribution in [0.3, 0.4) is 0 Å². The van der Waals surface area contributed by atoms with Crippen molar-refractivity contribution in [1.29, 1.82) is 0 Å². The lowest BCUT2D eigenvalue weighted by molar-refractivity contribution is 0.301. The second-order valence-corrected chi connectivity index (χ2v) is 11.5. The van der Waals surface area contributed by atoms with E-state index in [4.69, 9.17) is 19.5 Å². The van der Waals surface area contributed by atoms with E-state index < -0.39 is 0 Å². The zero-order valence-corrected chi connectivity index (χ0v) is 22.8. The van der Waals surface area contributed by atoms with E-state index in [1.165, 1.54) is 21.5 Å². The molecule has 0 unspecified atom stereocenters. The highest BCUT2D eigenvalue weighted by Gasteiger charge is 2.29. The summed E-state index contributed by atoms with van der Waals surface area (Å²) in [4.78, 5) is 10.2. The van der Waals surface area contributed by atoms with E-state index in [9.17, 15) is 0 Å². The number of nitrogens with zero attached hydrogens (tertiary/aromatic N) is 2. The van der Waals surface area contributed by atoms with Crippen LogP contribution >= 0.6 is 0 Å². The molecule has 38 heavy (non-hydrogen) atoms. The van der Waals surface area contributed by atoms with Gasteiger partial charge in [-0.15, -0.1) is 0 Å². The SMILES string of the molecule is CC(C)C[C@@H]1COC(c2ccc3ccccc3c2-c2c(C3=N[C@H](CC(C)C)CO3)ccc3ccccc23)=N1. The van der Waals surface area contributed by atoms with Crippen LogP contribution in [0, 0.1) is 11.8 Å². The molecule has 194 valence electrons. The van der Waals surface area contributed by atoms with Crippen LogP contribution in [0.4, 0.5) is 0 Å². The quantitative estimate of drug-likeness (QED) is 0.256. The number of hydrogen-bond acceptors (Lipinski definition) is 4. The summed E-state index contributed by atoms with van der Waals surface area (Å²) in [6.07, 6.45) is 2.04. The number of rotatable bonds is 7. The van der Waals surface area contributed by atoms with E-state index >= 15 is 0 Å². The van der Waals surface area contributed by atoms with Gasteiger partial charge in [0.1, 0.15) is 13.2 Å². The fraction of sp³-hybridized carbons (Fsp3) is 0.353. The minimum atomic E-state index is 0.190. The molecule has 0 aromatic heterocycles. The summed E-state index contributed by atoms with van der Waals surface area (Å²) < 4.78 is 12.6. The minimum absolute atomic E-state index is 0.190. The maximum absolute atomic E-state index is 6.29. The lowest BCUT2D eigenvalue weighted by Gasteiger charge is -2.19. The Balaban J connectivity index is 1.61. The Morgan fingerprint density at radius 1 is 0.605 bits per heavy atom. The highest BCUT2D eigenvalue weighted by molar-refractivity contribution is 6.19. The van der Waals surface area contributed by atoms with Crippen LogP contribution in [-0.4, -0.2) is 37.1 Å². The van der Waals surface area contributed by atoms with Crippen molar-refractivity contribution in [2.24, 2.45) is 21.8 Å². The number of hydrogen-bond donors (Lipinski definition) is 0. The van der Waals surface area contributed by atoms with Gasteiger partial charge in [-0.25, -0.2) is 9.98 Å². The highest BCUT2D eigenvalue weighted by Crippen LogP contribution is 2.41. The molecule has 2 aliphatic rings. The third kappa shape index (κ3) is 4.69. The molecule has 0 radical (unpaired) electrons. The molecule has 2 heterocycles. The number of benzene rings is 4. The van der Waals surface area contributed by atoms with E-state index in [-0.39, 0.29) is 12.1 Å². The van der Waals surface area contributed by atoms with E-state index in [0.717, 1.165) is 46.9 Å². The van der Waals surface area contributed by atoms with Crippen molar-refractivity contribution in [3.63, 3.8) is 0 Å². The first kappa shape index (κ1) is 24.7. The van der Waals surface area contributed by atoms with Crippen molar-refractivity contribution in [3.8, 4) is 11.1 Å². The van der Waals surface area contributed by atoms with Crippen LogP contribution in [0.25, 0.3) is 32.7 Å². The molecule has 4 aromatic carbocycles. The van der Waals surface area contributed by atoms with Gasteiger partial charge in [0.25, 0.3) is 0 Å².